The van der Waals surface area contributed by atoms with Gasteiger partial charge in [0.15, 0.2) is 5.76 Å². The third-order valence-corrected chi connectivity index (χ3v) is 6.44. The molecule has 1 aromatic heterocycles. The standard InChI is InChI=1S/C29H27NO4/c1-17-6-7-18(2)21(12-17)16-33-26-11-9-23-28(31)27(34-29(23)19(26)3)13-20-15-30(4)25-10-8-22(32-5)14-24(20)25/h6-15H,16H2,1-5H3/b27-13-. The number of carbonyl (C=O) groups excluding carboxylic acids is 1. The summed E-state index contributed by atoms with van der Waals surface area (Å²) in [6.45, 7) is 6.54. The van der Waals surface area contributed by atoms with Gasteiger partial charge in [-0.25, -0.2) is 0 Å². The Kier molecular flexibility index (Phi) is 5.40. The number of ether oxygens (including phenoxy) is 3. The van der Waals surface area contributed by atoms with Crippen molar-refractivity contribution < 1.29 is 19.0 Å². The molecule has 0 radical (unpaired) electrons. The molecule has 5 heteroatoms. The van der Waals surface area contributed by atoms with Crippen molar-refractivity contribution in [2.75, 3.05) is 7.11 Å². The third-order valence-electron chi connectivity index (χ3n) is 6.44. The molecule has 1 aliphatic rings. The number of hydrogen-bond donors (Lipinski definition) is 0. The van der Waals surface area contributed by atoms with Crippen molar-refractivity contribution in [3.8, 4) is 17.2 Å². The van der Waals surface area contributed by atoms with E-state index in [1.165, 1.54) is 11.1 Å². The number of aromatic nitrogens is 1. The van der Waals surface area contributed by atoms with Crippen molar-refractivity contribution in [1.82, 2.24) is 4.57 Å². The highest BCUT2D eigenvalue weighted by Gasteiger charge is 2.30. The van der Waals surface area contributed by atoms with Crippen molar-refractivity contribution in [2.45, 2.75) is 27.4 Å². The molecule has 5 rings (SSSR count). The van der Waals surface area contributed by atoms with Gasteiger partial charge in [-0.2, -0.15) is 0 Å². The van der Waals surface area contributed by atoms with Gasteiger partial charge in [0.05, 0.1) is 12.7 Å². The van der Waals surface area contributed by atoms with E-state index in [0.29, 0.717) is 29.4 Å². The molecule has 0 fully saturated rings. The fourth-order valence-electron chi connectivity index (χ4n) is 4.42. The molecule has 0 aliphatic carbocycles. The summed E-state index contributed by atoms with van der Waals surface area (Å²) in [4.78, 5) is 13.1. The van der Waals surface area contributed by atoms with Crippen LogP contribution in [0.25, 0.3) is 17.0 Å². The topological polar surface area (TPSA) is 49.7 Å². The number of ketones is 1. The summed E-state index contributed by atoms with van der Waals surface area (Å²) < 4.78 is 19.6. The lowest BCUT2D eigenvalue weighted by Gasteiger charge is -2.13. The fourth-order valence-corrected chi connectivity index (χ4v) is 4.42. The fraction of sp³-hybridized carbons (Fsp3) is 0.207. The highest BCUT2D eigenvalue weighted by atomic mass is 16.5. The van der Waals surface area contributed by atoms with Crippen LogP contribution in [0.5, 0.6) is 17.2 Å². The number of aryl methyl sites for hydroxylation is 3. The van der Waals surface area contributed by atoms with Crippen LogP contribution in [0.2, 0.25) is 0 Å². The Morgan fingerprint density at radius 1 is 1.03 bits per heavy atom. The first-order chi connectivity index (χ1) is 16.4. The molecule has 0 N–H and O–H groups in total. The van der Waals surface area contributed by atoms with Gasteiger partial charge in [-0.05, 0) is 68.3 Å². The maximum absolute atomic E-state index is 13.1. The minimum Gasteiger partial charge on any atom is -0.497 e. The summed E-state index contributed by atoms with van der Waals surface area (Å²) in [5, 5.41) is 0.996. The van der Waals surface area contributed by atoms with Crippen LogP contribution >= 0.6 is 0 Å². The number of rotatable bonds is 5. The smallest absolute Gasteiger partial charge is 0.231 e. The molecule has 0 spiro atoms. The number of benzene rings is 3. The van der Waals surface area contributed by atoms with Gasteiger partial charge in [0, 0.05) is 35.3 Å². The maximum Gasteiger partial charge on any atom is 0.231 e. The van der Waals surface area contributed by atoms with E-state index in [9.17, 15) is 4.79 Å². The van der Waals surface area contributed by atoms with Crippen LogP contribution in [-0.4, -0.2) is 17.5 Å². The Labute approximate surface area is 199 Å². The second-order valence-electron chi connectivity index (χ2n) is 8.80. The summed E-state index contributed by atoms with van der Waals surface area (Å²) in [5.74, 6) is 2.22. The number of carbonyl (C=O) groups is 1. The lowest BCUT2D eigenvalue weighted by Crippen LogP contribution is -2.00. The molecular formula is C29H27NO4. The number of methoxy groups -OCH3 is 1. The van der Waals surface area contributed by atoms with Crippen LogP contribution in [0.3, 0.4) is 0 Å². The molecule has 0 bridgehead atoms. The molecule has 0 unspecified atom stereocenters. The first kappa shape index (κ1) is 21.8. The summed E-state index contributed by atoms with van der Waals surface area (Å²) in [6, 6.07) is 15.9. The summed E-state index contributed by atoms with van der Waals surface area (Å²) in [5.41, 5.74) is 6.85. The lowest BCUT2D eigenvalue weighted by atomic mass is 10.0. The first-order valence-corrected chi connectivity index (χ1v) is 11.3. The van der Waals surface area contributed by atoms with Crippen molar-refractivity contribution in [1.29, 1.82) is 0 Å². The summed E-state index contributed by atoms with van der Waals surface area (Å²) in [6.07, 6.45) is 3.79. The Balaban J connectivity index is 1.45. The largest absolute Gasteiger partial charge is 0.497 e. The van der Waals surface area contributed by atoms with Crippen LogP contribution in [0.1, 0.15) is 38.2 Å². The molecule has 0 saturated carbocycles. The molecule has 3 aromatic carbocycles. The second kappa shape index (κ2) is 8.41. The zero-order valence-electron chi connectivity index (χ0n) is 20.1. The van der Waals surface area contributed by atoms with Crippen molar-refractivity contribution in [3.63, 3.8) is 0 Å². The van der Waals surface area contributed by atoms with E-state index in [1.807, 2.05) is 49.0 Å². The average molecular weight is 454 g/mol. The molecular weight excluding hydrogens is 426 g/mol. The van der Waals surface area contributed by atoms with Gasteiger partial charge in [-0.3, -0.25) is 4.79 Å². The van der Waals surface area contributed by atoms with E-state index in [1.54, 1.807) is 19.3 Å². The Bertz CT molecular complexity index is 1480. The van der Waals surface area contributed by atoms with Crippen LogP contribution < -0.4 is 14.2 Å². The molecule has 172 valence electrons. The van der Waals surface area contributed by atoms with Gasteiger partial charge >= 0.3 is 0 Å². The normalized spacial score (nSPS) is 13.9. The Hall–Kier alpha value is -3.99. The minimum atomic E-state index is -0.126. The molecule has 0 atom stereocenters. The zero-order valence-corrected chi connectivity index (χ0v) is 20.1. The Morgan fingerprint density at radius 2 is 1.85 bits per heavy atom. The molecule has 5 nitrogen and oxygen atoms in total. The van der Waals surface area contributed by atoms with E-state index in [-0.39, 0.29) is 5.78 Å². The molecule has 2 heterocycles. The van der Waals surface area contributed by atoms with Crippen molar-refractivity contribution in [2.24, 2.45) is 7.05 Å². The van der Waals surface area contributed by atoms with Crippen LogP contribution in [0.15, 0.2) is 60.5 Å². The molecule has 4 aromatic rings. The van der Waals surface area contributed by atoms with Gasteiger partial charge in [0.25, 0.3) is 0 Å². The van der Waals surface area contributed by atoms with E-state index < -0.39 is 0 Å². The molecule has 0 amide bonds. The predicted octanol–water partition coefficient (Wildman–Crippen LogP) is 6.31. The van der Waals surface area contributed by atoms with Crippen molar-refractivity contribution >= 4 is 22.8 Å². The third kappa shape index (κ3) is 3.73. The van der Waals surface area contributed by atoms with E-state index in [2.05, 4.69) is 32.0 Å². The van der Waals surface area contributed by atoms with E-state index in [4.69, 9.17) is 14.2 Å². The highest BCUT2D eigenvalue weighted by Crippen LogP contribution is 2.40. The van der Waals surface area contributed by atoms with Gasteiger partial charge in [0.1, 0.15) is 23.9 Å². The maximum atomic E-state index is 13.1. The average Bonchev–Trinajstić information content (AvgIpc) is 3.32. The number of fused-ring (bicyclic) bond motifs is 2. The van der Waals surface area contributed by atoms with Gasteiger partial charge < -0.3 is 18.8 Å². The first-order valence-electron chi connectivity index (χ1n) is 11.3. The number of hydrogen-bond acceptors (Lipinski definition) is 4. The number of Topliss-reactive ketones (excluding diaryl/α,β-unsaturated/α-hetero) is 1. The monoisotopic (exact) mass is 453 g/mol. The second-order valence-corrected chi connectivity index (χ2v) is 8.80. The van der Waals surface area contributed by atoms with Crippen molar-refractivity contribution in [3.05, 3.63) is 93.9 Å². The minimum absolute atomic E-state index is 0.126. The van der Waals surface area contributed by atoms with Crippen LogP contribution in [0.4, 0.5) is 0 Å². The highest BCUT2D eigenvalue weighted by molar-refractivity contribution is 6.15. The SMILES string of the molecule is COc1ccc2c(c1)c(/C=C1\Oc3c(ccc(OCc4cc(C)ccc4C)c3C)C1=O)cn2C. The quantitative estimate of drug-likeness (QED) is 0.332. The molecule has 0 saturated heterocycles. The predicted molar refractivity (Wildman–Crippen MR) is 134 cm³/mol. The van der Waals surface area contributed by atoms with Gasteiger partial charge in [0.2, 0.25) is 5.78 Å². The van der Waals surface area contributed by atoms with Gasteiger partial charge in [-0.1, -0.05) is 23.8 Å². The number of nitrogens with zero attached hydrogens (tertiary/aromatic N) is 1. The summed E-state index contributed by atoms with van der Waals surface area (Å²) >= 11 is 0. The van der Waals surface area contributed by atoms with Crippen LogP contribution in [-0.2, 0) is 13.7 Å². The zero-order chi connectivity index (χ0) is 24.0. The summed E-state index contributed by atoms with van der Waals surface area (Å²) in [7, 11) is 3.62. The molecule has 1 aliphatic heterocycles. The van der Waals surface area contributed by atoms with E-state index in [0.717, 1.165) is 33.3 Å². The van der Waals surface area contributed by atoms with E-state index >= 15 is 0 Å². The molecule has 34 heavy (non-hydrogen) atoms. The number of allylic oxidation sites excluding steroid dienone is 1. The van der Waals surface area contributed by atoms with Crippen LogP contribution in [0, 0.1) is 20.8 Å². The lowest BCUT2D eigenvalue weighted by molar-refractivity contribution is 0.101. The van der Waals surface area contributed by atoms with Gasteiger partial charge in [-0.15, -0.1) is 0 Å². The Morgan fingerprint density at radius 3 is 2.65 bits per heavy atom.